The van der Waals surface area contributed by atoms with Gasteiger partial charge in [-0.1, -0.05) is 33.8 Å². The molecular weight excluding hydrogens is 250 g/mol. The van der Waals surface area contributed by atoms with Crippen LogP contribution in [-0.2, 0) is 0 Å². The van der Waals surface area contributed by atoms with Crippen LogP contribution in [0.25, 0.3) is 11.1 Å². The number of para-hydroxylation sites is 1. The van der Waals surface area contributed by atoms with Crippen molar-refractivity contribution in [2.75, 3.05) is 17.2 Å². The first-order chi connectivity index (χ1) is 9.56. The minimum Gasteiger partial charge on any atom is -0.423 e. The first kappa shape index (κ1) is 14.7. The Balaban J connectivity index is 2.42. The van der Waals surface area contributed by atoms with Crippen LogP contribution in [-0.4, -0.2) is 17.6 Å². The van der Waals surface area contributed by atoms with Gasteiger partial charge in [-0.25, -0.2) is 0 Å². The number of hydrogen-bond donors (Lipinski definition) is 1. The van der Waals surface area contributed by atoms with Crippen LogP contribution in [0.5, 0.6) is 0 Å². The van der Waals surface area contributed by atoms with E-state index >= 15 is 0 Å². The van der Waals surface area contributed by atoms with Crippen molar-refractivity contribution >= 4 is 22.8 Å². The van der Waals surface area contributed by atoms with Gasteiger partial charge in [0, 0.05) is 12.6 Å². The molecule has 0 spiro atoms. The van der Waals surface area contributed by atoms with Gasteiger partial charge in [-0.3, -0.25) is 0 Å². The molecule has 2 aromatic rings. The number of aromatic nitrogens is 1. The molecule has 0 aliphatic heterocycles. The molecule has 2 N–H and O–H groups in total. The summed E-state index contributed by atoms with van der Waals surface area (Å²) in [5.41, 5.74) is 8.17. The Labute approximate surface area is 121 Å². The molecule has 0 aliphatic rings. The zero-order valence-electron chi connectivity index (χ0n) is 12.9. The smallest absolute Gasteiger partial charge is 0.298 e. The van der Waals surface area contributed by atoms with Crippen molar-refractivity contribution in [2.45, 2.75) is 46.6 Å². The van der Waals surface area contributed by atoms with Crippen LogP contribution in [0.4, 0.5) is 11.7 Å². The first-order valence-electron chi connectivity index (χ1n) is 7.48. The van der Waals surface area contributed by atoms with Crippen LogP contribution in [0, 0.1) is 5.92 Å². The summed E-state index contributed by atoms with van der Waals surface area (Å²) in [6.45, 7) is 9.79. The normalized spacial score (nSPS) is 11.7. The molecule has 0 unspecified atom stereocenters. The van der Waals surface area contributed by atoms with Crippen LogP contribution < -0.4 is 10.6 Å². The number of benzene rings is 1. The van der Waals surface area contributed by atoms with Gasteiger partial charge in [0.1, 0.15) is 5.52 Å². The monoisotopic (exact) mass is 275 g/mol. The van der Waals surface area contributed by atoms with Gasteiger partial charge in [0.15, 0.2) is 5.58 Å². The lowest BCUT2D eigenvalue weighted by Crippen LogP contribution is -2.37. The van der Waals surface area contributed by atoms with E-state index in [2.05, 4.69) is 37.6 Å². The number of fused-ring (bicyclic) bond motifs is 1. The average molecular weight is 275 g/mol. The van der Waals surface area contributed by atoms with E-state index in [1.807, 2.05) is 18.2 Å². The van der Waals surface area contributed by atoms with E-state index in [9.17, 15) is 0 Å². The molecule has 0 atom stereocenters. The summed E-state index contributed by atoms with van der Waals surface area (Å²) in [5.74, 6) is 0.558. The highest BCUT2D eigenvalue weighted by Crippen LogP contribution is 2.28. The molecule has 0 radical (unpaired) electrons. The predicted octanol–water partition coefficient (Wildman–Crippen LogP) is 4.06. The molecule has 0 aliphatic carbocycles. The highest BCUT2D eigenvalue weighted by Gasteiger charge is 2.22. The molecule has 0 bridgehead atoms. The third kappa shape index (κ3) is 2.89. The Hall–Kier alpha value is -1.71. The van der Waals surface area contributed by atoms with Crippen LogP contribution >= 0.6 is 0 Å². The van der Waals surface area contributed by atoms with Crippen molar-refractivity contribution in [3.05, 3.63) is 18.2 Å². The molecule has 4 nitrogen and oxygen atoms in total. The van der Waals surface area contributed by atoms with Crippen LogP contribution in [0.3, 0.4) is 0 Å². The molecule has 20 heavy (non-hydrogen) atoms. The van der Waals surface area contributed by atoms with Gasteiger partial charge in [0.25, 0.3) is 6.01 Å². The average Bonchev–Trinajstić information content (AvgIpc) is 2.84. The number of hydrogen-bond acceptors (Lipinski definition) is 4. The fraction of sp³-hybridized carbons (Fsp3) is 0.562. The second-order valence-corrected chi connectivity index (χ2v) is 5.71. The Morgan fingerprint density at radius 1 is 1.25 bits per heavy atom. The number of nitrogens with two attached hydrogens (primary N) is 1. The molecule has 1 heterocycles. The number of nitrogen functional groups attached to an aromatic ring is 1. The molecule has 0 saturated carbocycles. The summed E-state index contributed by atoms with van der Waals surface area (Å²) in [7, 11) is 0. The van der Waals surface area contributed by atoms with Crippen molar-refractivity contribution in [1.82, 2.24) is 4.98 Å². The summed E-state index contributed by atoms with van der Waals surface area (Å²) < 4.78 is 5.93. The number of rotatable bonds is 6. The van der Waals surface area contributed by atoms with E-state index in [0.29, 0.717) is 23.7 Å². The van der Waals surface area contributed by atoms with E-state index < -0.39 is 0 Å². The van der Waals surface area contributed by atoms with Gasteiger partial charge in [-0.15, -0.1) is 0 Å². The Morgan fingerprint density at radius 3 is 2.50 bits per heavy atom. The fourth-order valence-corrected chi connectivity index (χ4v) is 2.59. The minimum absolute atomic E-state index is 0.451. The Kier molecular flexibility index (Phi) is 4.53. The van der Waals surface area contributed by atoms with Crippen molar-refractivity contribution in [3.8, 4) is 0 Å². The lowest BCUT2D eigenvalue weighted by Gasteiger charge is -2.30. The van der Waals surface area contributed by atoms with Gasteiger partial charge in [0.2, 0.25) is 0 Å². The van der Waals surface area contributed by atoms with E-state index in [1.165, 1.54) is 0 Å². The molecule has 110 valence electrons. The second kappa shape index (κ2) is 6.16. The molecule has 1 aromatic carbocycles. The Morgan fingerprint density at radius 2 is 1.95 bits per heavy atom. The molecular formula is C16H25N3O. The number of anilines is 2. The zero-order valence-corrected chi connectivity index (χ0v) is 12.9. The lowest BCUT2D eigenvalue weighted by atomic mass is 10.1. The second-order valence-electron chi connectivity index (χ2n) is 5.71. The van der Waals surface area contributed by atoms with Crippen LogP contribution in [0.1, 0.15) is 40.5 Å². The molecule has 0 fully saturated rings. The summed E-state index contributed by atoms with van der Waals surface area (Å²) in [4.78, 5) is 6.90. The van der Waals surface area contributed by atoms with Crippen molar-refractivity contribution in [2.24, 2.45) is 5.92 Å². The summed E-state index contributed by atoms with van der Waals surface area (Å²) in [5, 5.41) is 0. The Bertz CT molecular complexity index is 558. The van der Waals surface area contributed by atoms with Gasteiger partial charge in [-0.05, 0) is 30.9 Å². The summed E-state index contributed by atoms with van der Waals surface area (Å²) >= 11 is 0. The maximum Gasteiger partial charge on any atom is 0.298 e. The topological polar surface area (TPSA) is 55.3 Å². The number of nitrogens with zero attached hydrogens (tertiary/aromatic N) is 2. The standard InChI is InChI=1S/C16H25N3O/c1-5-12(6-2)19(10-11(3)4)16-18-15-13(17)8-7-9-14(15)20-16/h7-9,11-12H,5-6,10,17H2,1-4H3. The highest BCUT2D eigenvalue weighted by molar-refractivity contribution is 5.86. The van der Waals surface area contributed by atoms with E-state index in [4.69, 9.17) is 10.2 Å². The molecule has 0 saturated heterocycles. The SMILES string of the molecule is CCC(CC)N(CC(C)C)c1nc2c(N)cccc2o1. The largest absolute Gasteiger partial charge is 0.423 e. The minimum atomic E-state index is 0.451. The van der Waals surface area contributed by atoms with Crippen molar-refractivity contribution in [1.29, 1.82) is 0 Å². The van der Waals surface area contributed by atoms with Crippen molar-refractivity contribution in [3.63, 3.8) is 0 Å². The van der Waals surface area contributed by atoms with Crippen molar-refractivity contribution < 1.29 is 4.42 Å². The summed E-state index contributed by atoms with van der Waals surface area (Å²) in [6, 6.07) is 6.82. The van der Waals surface area contributed by atoms with Gasteiger partial charge in [-0.2, -0.15) is 4.98 Å². The van der Waals surface area contributed by atoms with Gasteiger partial charge < -0.3 is 15.1 Å². The third-order valence-electron chi connectivity index (χ3n) is 3.63. The predicted molar refractivity (Wildman–Crippen MR) is 85.0 cm³/mol. The van der Waals surface area contributed by atoms with E-state index in [-0.39, 0.29) is 0 Å². The highest BCUT2D eigenvalue weighted by atomic mass is 16.4. The molecule has 0 amide bonds. The van der Waals surface area contributed by atoms with Crippen LogP contribution in [0.15, 0.2) is 22.6 Å². The fourth-order valence-electron chi connectivity index (χ4n) is 2.59. The quantitative estimate of drug-likeness (QED) is 0.808. The first-order valence-corrected chi connectivity index (χ1v) is 7.48. The van der Waals surface area contributed by atoms with Gasteiger partial charge >= 0.3 is 0 Å². The molecule has 1 aromatic heterocycles. The van der Waals surface area contributed by atoms with E-state index in [0.717, 1.165) is 30.5 Å². The van der Waals surface area contributed by atoms with Crippen LogP contribution in [0.2, 0.25) is 0 Å². The molecule has 4 heteroatoms. The molecule has 2 rings (SSSR count). The maximum atomic E-state index is 5.97. The maximum absolute atomic E-state index is 5.97. The number of oxazole rings is 1. The zero-order chi connectivity index (χ0) is 14.7. The van der Waals surface area contributed by atoms with E-state index in [1.54, 1.807) is 0 Å². The van der Waals surface area contributed by atoms with Gasteiger partial charge in [0.05, 0.1) is 5.69 Å². The third-order valence-corrected chi connectivity index (χ3v) is 3.63. The lowest BCUT2D eigenvalue weighted by molar-refractivity contribution is 0.457. The summed E-state index contributed by atoms with van der Waals surface area (Å²) in [6.07, 6.45) is 2.16.